The van der Waals surface area contributed by atoms with Gasteiger partial charge in [0, 0.05) is 45.1 Å². The number of amides is 1. The Labute approximate surface area is 120 Å². The summed E-state index contributed by atoms with van der Waals surface area (Å²) in [4.78, 5) is 18.6. The Hall–Kier alpha value is -1.62. The molecule has 2 rings (SSSR count). The zero-order chi connectivity index (χ0) is 14.4. The standard InChI is InChI=1S/C15H23N3O2/c1-3-6-17-14-4-7-16-9-13(14)15(19)18-8-5-12(10-18)11-20-2/h4,7,9,12H,3,5-6,8,10-11H2,1-2H3,(H,16,17). The molecule has 1 atom stereocenters. The van der Waals surface area contributed by atoms with Gasteiger partial charge in [-0.3, -0.25) is 9.78 Å². The first kappa shape index (κ1) is 14.8. The molecule has 1 aliphatic heterocycles. The monoisotopic (exact) mass is 277 g/mol. The van der Waals surface area contributed by atoms with Crippen LogP contribution in [0.25, 0.3) is 0 Å². The van der Waals surface area contributed by atoms with Crippen molar-refractivity contribution in [3.8, 4) is 0 Å². The molecule has 1 fully saturated rings. The Morgan fingerprint density at radius 1 is 1.60 bits per heavy atom. The molecule has 5 heteroatoms. The van der Waals surface area contributed by atoms with Gasteiger partial charge in [0.1, 0.15) is 0 Å². The summed E-state index contributed by atoms with van der Waals surface area (Å²) in [5, 5.41) is 3.29. The number of pyridine rings is 1. The summed E-state index contributed by atoms with van der Waals surface area (Å²) in [7, 11) is 1.71. The van der Waals surface area contributed by atoms with Crippen molar-refractivity contribution in [2.24, 2.45) is 5.92 Å². The van der Waals surface area contributed by atoms with E-state index in [2.05, 4.69) is 17.2 Å². The highest BCUT2D eigenvalue weighted by Gasteiger charge is 2.28. The lowest BCUT2D eigenvalue weighted by Gasteiger charge is -2.18. The fraction of sp³-hybridized carbons (Fsp3) is 0.600. The first-order chi connectivity index (χ1) is 9.76. The number of nitrogens with one attached hydrogen (secondary N) is 1. The second kappa shape index (κ2) is 7.24. The van der Waals surface area contributed by atoms with Crippen molar-refractivity contribution in [1.29, 1.82) is 0 Å². The highest BCUT2D eigenvalue weighted by molar-refractivity contribution is 5.99. The topological polar surface area (TPSA) is 54.5 Å². The van der Waals surface area contributed by atoms with Gasteiger partial charge in [0.25, 0.3) is 5.91 Å². The summed E-state index contributed by atoms with van der Waals surface area (Å²) >= 11 is 0. The highest BCUT2D eigenvalue weighted by Crippen LogP contribution is 2.22. The third-order valence-corrected chi connectivity index (χ3v) is 3.59. The molecule has 1 aromatic rings. The Morgan fingerprint density at radius 3 is 3.20 bits per heavy atom. The van der Waals surface area contributed by atoms with E-state index < -0.39 is 0 Å². The summed E-state index contributed by atoms with van der Waals surface area (Å²) in [5.41, 5.74) is 1.54. The molecule has 0 saturated carbocycles. The van der Waals surface area contributed by atoms with E-state index in [9.17, 15) is 4.79 Å². The van der Waals surface area contributed by atoms with Crippen molar-refractivity contribution in [3.63, 3.8) is 0 Å². The number of methoxy groups -OCH3 is 1. The molecule has 5 nitrogen and oxygen atoms in total. The molecule has 110 valence electrons. The van der Waals surface area contributed by atoms with E-state index in [-0.39, 0.29) is 5.91 Å². The number of anilines is 1. The third-order valence-electron chi connectivity index (χ3n) is 3.59. The average molecular weight is 277 g/mol. The van der Waals surface area contributed by atoms with Crippen molar-refractivity contribution in [1.82, 2.24) is 9.88 Å². The van der Waals surface area contributed by atoms with Crippen LogP contribution < -0.4 is 5.32 Å². The molecule has 20 heavy (non-hydrogen) atoms. The van der Waals surface area contributed by atoms with Crippen molar-refractivity contribution >= 4 is 11.6 Å². The number of ether oxygens (including phenoxy) is 1. The van der Waals surface area contributed by atoms with Crippen LogP contribution >= 0.6 is 0 Å². The lowest BCUT2D eigenvalue weighted by molar-refractivity contribution is 0.0776. The van der Waals surface area contributed by atoms with Crippen LogP contribution in [-0.4, -0.2) is 49.1 Å². The van der Waals surface area contributed by atoms with Gasteiger partial charge in [0.2, 0.25) is 0 Å². The summed E-state index contributed by atoms with van der Waals surface area (Å²) < 4.78 is 5.17. The SMILES string of the molecule is CCCNc1ccncc1C(=O)N1CCC(COC)C1. The molecule has 0 bridgehead atoms. The van der Waals surface area contributed by atoms with Gasteiger partial charge in [-0.1, -0.05) is 6.92 Å². The third kappa shape index (κ3) is 3.48. The first-order valence-corrected chi connectivity index (χ1v) is 7.22. The molecule has 0 aromatic carbocycles. The minimum atomic E-state index is 0.0651. The van der Waals surface area contributed by atoms with Gasteiger partial charge in [-0.2, -0.15) is 0 Å². The zero-order valence-electron chi connectivity index (χ0n) is 12.3. The summed E-state index contributed by atoms with van der Waals surface area (Å²) in [6.45, 7) is 5.25. The molecule has 1 aromatic heterocycles. The van der Waals surface area contributed by atoms with Gasteiger partial charge in [-0.25, -0.2) is 0 Å². The van der Waals surface area contributed by atoms with Crippen LogP contribution in [0, 0.1) is 5.92 Å². The van der Waals surface area contributed by atoms with E-state index in [0.717, 1.165) is 44.8 Å². The number of hydrogen-bond donors (Lipinski definition) is 1. The number of hydrogen-bond acceptors (Lipinski definition) is 4. The largest absolute Gasteiger partial charge is 0.384 e. The smallest absolute Gasteiger partial charge is 0.257 e. The Kier molecular flexibility index (Phi) is 5.35. The van der Waals surface area contributed by atoms with Gasteiger partial charge in [-0.15, -0.1) is 0 Å². The van der Waals surface area contributed by atoms with E-state index >= 15 is 0 Å². The van der Waals surface area contributed by atoms with Crippen molar-refractivity contribution < 1.29 is 9.53 Å². The van der Waals surface area contributed by atoms with E-state index in [1.807, 2.05) is 11.0 Å². The average Bonchev–Trinajstić information content (AvgIpc) is 2.94. The van der Waals surface area contributed by atoms with Gasteiger partial charge in [0.15, 0.2) is 0 Å². The second-order valence-corrected chi connectivity index (χ2v) is 5.21. The lowest BCUT2D eigenvalue weighted by atomic mass is 10.1. The number of likely N-dealkylation sites (tertiary alicyclic amines) is 1. The maximum atomic E-state index is 12.6. The van der Waals surface area contributed by atoms with Crippen LogP contribution in [0.5, 0.6) is 0 Å². The maximum absolute atomic E-state index is 12.6. The normalized spacial score (nSPS) is 18.3. The summed E-state index contributed by atoms with van der Waals surface area (Å²) in [5.74, 6) is 0.517. The molecule has 0 radical (unpaired) electrons. The van der Waals surface area contributed by atoms with Gasteiger partial charge >= 0.3 is 0 Å². The molecule has 0 aliphatic carbocycles. The van der Waals surface area contributed by atoms with Crippen molar-refractivity contribution in [2.75, 3.05) is 38.7 Å². The van der Waals surface area contributed by atoms with Gasteiger partial charge < -0.3 is 15.0 Å². The number of carbonyl (C=O) groups excluding carboxylic acids is 1. The number of carbonyl (C=O) groups is 1. The van der Waals surface area contributed by atoms with Crippen LogP contribution in [0.15, 0.2) is 18.5 Å². The fourth-order valence-corrected chi connectivity index (χ4v) is 2.54. The van der Waals surface area contributed by atoms with Crippen LogP contribution in [-0.2, 0) is 4.74 Å². The Bertz CT molecular complexity index is 450. The molecule has 1 amide bonds. The molecule has 1 N–H and O–H groups in total. The Balaban J connectivity index is 2.05. The van der Waals surface area contributed by atoms with Crippen LogP contribution in [0.2, 0.25) is 0 Å². The maximum Gasteiger partial charge on any atom is 0.257 e. The van der Waals surface area contributed by atoms with E-state index in [1.165, 1.54) is 0 Å². The van der Waals surface area contributed by atoms with Crippen LogP contribution in [0.3, 0.4) is 0 Å². The predicted octanol–water partition coefficient (Wildman–Crippen LogP) is 2.01. The molecule has 1 saturated heterocycles. The van der Waals surface area contributed by atoms with E-state index in [4.69, 9.17) is 4.74 Å². The lowest BCUT2D eigenvalue weighted by Crippen LogP contribution is -2.30. The van der Waals surface area contributed by atoms with Crippen LogP contribution in [0.4, 0.5) is 5.69 Å². The summed E-state index contributed by atoms with van der Waals surface area (Å²) in [6, 6.07) is 1.87. The Morgan fingerprint density at radius 2 is 2.45 bits per heavy atom. The van der Waals surface area contributed by atoms with Crippen LogP contribution in [0.1, 0.15) is 30.1 Å². The fourth-order valence-electron chi connectivity index (χ4n) is 2.54. The highest BCUT2D eigenvalue weighted by atomic mass is 16.5. The molecule has 0 spiro atoms. The number of rotatable bonds is 6. The predicted molar refractivity (Wildman–Crippen MR) is 78.9 cm³/mol. The molecule has 2 heterocycles. The molecule has 1 unspecified atom stereocenters. The van der Waals surface area contributed by atoms with Gasteiger partial charge in [-0.05, 0) is 18.9 Å². The molecular formula is C15H23N3O2. The first-order valence-electron chi connectivity index (χ1n) is 7.22. The minimum Gasteiger partial charge on any atom is -0.384 e. The van der Waals surface area contributed by atoms with Crippen molar-refractivity contribution in [3.05, 3.63) is 24.0 Å². The van der Waals surface area contributed by atoms with Crippen molar-refractivity contribution in [2.45, 2.75) is 19.8 Å². The number of aromatic nitrogens is 1. The van der Waals surface area contributed by atoms with E-state index in [1.54, 1.807) is 19.5 Å². The zero-order valence-corrected chi connectivity index (χ0v) is 12.3. The quantitative estimate of drug-likeness (QED) is 0.864. The van der Waals surface area contributed by atoms with E-state index in [0.29, 0.717) is 11.5 Å². The summed E-state index contributed by atoms with van der Waals surface area (Å²) in [6.07, 6.45) is 5.41. The second-order valence-electron chi connectivity index (χ2n) is 5.21. The number of nitrogens with zero attached hydrogens (tertiary/aromatic N) is 2. The minimum absolute atomic E-state index is 0.0651. The molecular weight excluding hydrogens is 254 g/mol. The van der Waals surface area contributed by atoms with Gasteiger partial charge in [0.05, 0.1) is 17.9 Å². The molecule has 1 aliphatic rings.